The van der Waals surface area contributed by atoms with Crippen molar-refractivity contribution in [2.24, 2.45) is 10.8 Å². The second kappa shape index (κ2) is 12.6. The molecule has 6 aliphatic carbocycles. The van der Waals surface area contributed by atoms with E-state index in [1.54, 1.807) is 0 Å². The van der Waals surface area contributed by atoms with E-state index in [2.05, 4.69) is 17.6 Å². The Hall–Kier alpha value is -3.03. The first kappa shape index (κ1) is 31.9. The third-order valence-electron chi connectivity index (χ3n) is 12.1. The van der Waals surface area contributed by atoms with Gasteiger partial charge < -0.3 is 25.0 Å². The molecule has 6 saturated carbocycles. The molecule has 2 N–H and O–H groups in total. The Morgan fingerprint density at radius 1 is 0.844 bits per heavy atom. The molecule has 1 aromatic rings. The van der Waals surface area contributed by atoms with E-state index in [-0.39, 0.29) is 67.1 Å². The summed E-state index contributed by atoms with van der Waals surface area (Å²) < 4.78 is 25.6. The van der Waals surface area contributed by atoms with Crippen LogP contribution in [0.25, 0.3) is 0 Å². The molecule has 7 aliphatic rings. The zero-order valence-electron chi connectivity index (χ0n) is 26.5. The molecule has 9 nitrogen and oxygen atoms in total. The lowest BCUT2D eigenvalue weighted by Gasteiger charge is -2.52. The van der Waals surface area contributed by atoms with Gasteiger partial charge in [-0.15, -0.1) is 0 Å². The number of likely N-dealkylation sites (tertiary alicyclic amines) is 1. The van der Waals surface area contributed by atoms with E-state index in [0.717, 1.165) is 75.5 Å². The van der Waals surface area contributed by atoms with E-state index in [4.69, 9.17) is 9.47 Å². The van der Waals surface area contributed by atoms with E-state index in [9.17, 15) is 24.0 Å². The number of hydrogen-bond acceptors (Lipinski definition) is 8. The van der Waals surface area contributed by atoms with Crippen molar-refractivity contribution in [3.63, 3.8) is 0 Å². The van der Waals surface area contributed by atoms with E-state index in [1.807, 2.05) is 30.3 Å². The van der Waals surface area contributed by atoms with Gasteiger partial charge in [-0.1, -0.05) is 31.2 Å². The molecule has 4 bridgehead atoms. The number of alkyl halides is 1. The normalized spacial score (nSPS) is 35.2. The molecule has 2 atom stereocenters. The van der Waals surface area contributed by atoms with Crippen molar-refractivity contribution in [2.45, 2.75) is 127 Å². The summed E-state index contributed by atoms with van der Waals surface area (Å²) in [6.07, 6.45) is 8.89. The van der Waals surface area contributed by atoms with Gasteiger partial charge in [-0.25, -0.2) is 4.39 Å². The summed E-state index contributed by atoms with van der Waals surface area (Å²) in [6.45, 7) is 3.44. The van der Waals surface area contributed by atoms with Crippen molar-refractivity contribution in [3.05, 3.63) is 35.4 Å². The Morgan fingerprint density at radius 3 is 1.76 bits per heavy atom. The molecule has 8 rings (SSSR count). The van der Waals surface area contributed by atoms with Crippen LogP contribution in [0.1, 0.15) is 102 Å². The van der Waals surface area contributed by atoms with Crippen LogP contribution in [0.15, 0.2) is 24.3 Å². The summed E-state index contributed by atoms with van der Waals surface area (Å²) in [6, 6.07) is 9.01. The largest absolute Gasteiger partial charge is 0.460 e. The van der Waals surface area contributed by atoms with E-state index in [1.165, 1.54) is 4.90 Å². The van der Waals surface area contributed by atoms with Gasteiger partial charge in [-0.05, 0) is 94.7 Å². The highest BCUT2D eigenvalue weighted by atomic mass is 19.1. The highest BCUT2D eigenvalue weighted by molar-refractivity contribution is 5.80. The summed E-state index contributed by atoms with van der Waals surface area (Å²) in [5.41, 5.74) is 0.771. The summed E-state index contributed by atoms with van der Waals surface area (Å²) in [4.78, 5) is 40.9. The first-order chi connectivity index (χ1) is 21.6. The quantitative estimate of drug-likeness (QED) is 0.343. The maximum absolute atomic E-state index is 13.8. The number of nitrogens with zero attached hydrogens (tertiary/aromatic N) is 2. The molecule has 0 aromatic heterocycles. The molecule has 244 valence electrons. The second-order valence-electron chi connectivity index (χ2n) is 14.5. The molecule has 1 heterocycles. The number of rotatable bonds is 11. The lowest BCUT2D eigenvalue weighted by Crippen LogP contribution is -2.58. The summed E-state index contributed by atoms with van der Waals surface area (Å²) in [5, 5.41) is 16.4. The van der Waals surface area contributed by atoms with Crippen molar-refractivity contribution in [1.82, 2.24) is 15.5 Å². The third-order valence-corrected chi connectivity index (χ3v) is 12.1. The van der Waals surface area contributed by atoms with Crippen molar-refractivity contribution in [2.75, 3.05) is 19.6 Å². The molecule has 0 radical (unpaired) electrons. The monoisotopic (exact) mass is 622 g/mol. The summed E-state index contributed by atoms with van der Waals surface area (Å²) in [5.74, 6) is -0.530. The lowest BCUT2D eigenvalue weighted by molar-refractivity contribution is -0.167. The number of carbonyl (C=O) groups is 3. The molecule has 1 saturated heterocycles. The van der Waals surface area contributed by atoms with E-state index >= 15 is 0 Å². The van der Waals surface area contributed by atoms with Gasteiger partial charge in [-0.3, -0.25) is 14.4 Å². The van der Waals surface area contributed by atoms with Crippen molar-refractivity contribution < 1.29 is 28.2 Å². The number of fused-ring (bicyclic) bond motifs is 6. The number of esters is 2. The van der Waals surface area contributed by atoms with E-state index in [0.29, 0.717) is 19.3 Å². The molecule has 10 heteroatoms. The Morgan fingerprint density at radius 2 is 1.31 bits per heavy atom. The fraction of sp³-hybridized carbons (Fsp3) is 0.714. The SMILES string of the molecule is CCNC12CCC(C(=O)OCc3ccccc3COC(=O)C34CCC(NCC(=O)N5CC(F)CC5C#N)(CC3)CC4)(CC1)CC2. The van der Waals surface area contributed by atoms with Gasteiger partial charge in [0, 0.05) is 17.5 Å². The number of benzene rings is 1. The molecular weight excluding hydrogens is 575 g/mol. The van der Waals surface area contributed by atoms with Gasteiger partial charge in [0.15, 0.2) is 0 Å². The van der Waals surface area contributed by atoms with Crippen molar-refractivity contribution in [3.8, 4) is 6.07 Å². The number of carbonyl (C=O) groups excluding carboxylic acids is 3. The van der Waals surface area contributed by atoms with Crippen LogP contribution in [0.2, 0.25) is 0 Å². The van der Waals surface area contributed by atoms with Gasteiger partial charge >= 0.3 is 11.9 Å². The first-order valence-electron chi connectivity index (χ1n) is 16.9. The minimum Gasteiger partial charge on any atom is -0.460 e. The Labute approximate surface area is 265 Å². The van der Waals surface area contributed by atoms with Crippen LogP contribution in [0.5, 0.6) is 0 Å². The van der Waals surface area contributed by atoms with E-state index < -0.39 is 17.6 Å². The highest BCUT2D eigenvalue weighted by Crippen LogP contribution is 2.54. The van der Waals surface area contributed by atoms with Crippen LogP contribution < -0.4 is 10.6 Å². The zero-order chi connectivity index (χ0) is 31.7. The van der Waals surface area contributed by atoms with Crippen LogP contribution in [-0.2, 0) is 37.1 Å². The van der Waals surface area contributed by atoms with Gasteiger partial charge in [0.05, 0.1) is 30.0 Å². The molecule has 1 amide bonds. The smallest absolute Gasteiger partial charge is 0.312 e. The van der Waals surface area contributed by atoms with Crippen LogP contribution in [0.4, 0.5) is 4.39 Å². The number of nitriles is 1. The van der Waals surface area contributed by atoms with Gasteiger partial charge in [-0.2, -0.15) is 5.26 Å². The first-order valence-corrected chi connectivity index (χ1v) is 16.9. The maximum Gasteiger partial charge on any atom is 0.312 e. The lowest BCUT2D eigenvalue weighted by atomic mass is 9.57. The molecule has 45 heavy (non-hydrogen) atoms. The van der Waals surface area contributed by atoms with Crippen LogP contribution in [-0.4, -0.2) is 65.7 Å². The number of ether oxygens (including phenoxy) is 2. The molecule has 7 fully saturated rings. The third kappa shape index (κ3) is 6.23. The molecular formula is C35H47FN4O5. The Kier molecular flexibility index (Phi) is 8.97. The fourth-order valence-corrected chi connectivity index (χ4v) is 8.87. The average Bonchev–Trinajstić information content (AvgIpc) is 3.47. The zero-order valence-corrected chi connectivity index (χ0v) is 26.5. The number of hydrogen-bond donors (Lipinski definition) is 2. The number of nitrogens with one attached hydrogen (secondary N) is 2. The molecule has 1 aromatic carbocycles. The van der Waals surface area contributed by atoms with Crippen molar-refractivity contribution in [1.29, 1.82) is 5.26 Å². The average molecular weight is 623 g/mol. The predicted molar refractivity (Wildman–Crippen MR) is 164 cm³/mol. The maximum atomic E-state index is 13.8. The molecule has 2 unspecified atom stereocenters. The predicted octanol–water partition coefficient (Wildman–Crippen LogP) is 4.62. The Balaban J connectivity index is 0.982. The molecule has 0 spiro atoms. The summed E-state index contributed by atoms with van der Waals surface area (Å²) in [7, 11) is 0. The number of halogens is 1. The minimum absolute atomic E-state index is 0.0232. The van der Waals surface area contributed by atoms with Gasteiger partial charge in [0.25, 0.3) is 0 Å². The summed E-state index contributed by atoms with van der Waals surface area (Å²) >= 11 is 0. The highest BCUT2D eigenvalue weighted by Gasteiger charge is 2.54. The Bertz CT molecular complexity index is 1290. The van der Waals surface area contributed by atoms with Crippen LogP contribution >= 0.6 is 0 Å². The standard InChI is InChI=1S/C35H47FN4O5/c1-2-38-34-13-7-32(8-14-34,9-15-34)30(42)44-23-25-5-3-4-6-26(25)24-45-31(43)33-10-16-35(17-11-33,18-12-33)39-21-29(41)40-22-27(36)19-28(40)20-37/h3-6,27-28,38-39H,2,7-19,21-24H2,1H3. The molecule has 1 aliphatic heterocycles. The second-order valence-corrected chi connectivity index (χ2v) is 14.5. The topological polar surface area (TPSA) is 121 Å². The minimum atomic E-state index is -1.15. The van der Waals surface area contributed by atoms with Gasteiger partial charge in [0.1, 0.15) is 25.4 Å². The fourth-order valence-electron chi connectivity index (χ4n) is 8.87. The number of amides is 1. The van der Waals surface area contributed by atoms with Crippen molar-refractivity contribution >= 4 is 17.8 Å². The van der Waals surface area contributed by atoms with Crippen LogP contribution in [0.3, 0.4) is 0 Å². The van der Waals surface area contributed by atoms with Gasteiger partial charge in [0.2, 0.25) is 5.91 Å². The van der Waals surface area contributed by atoms with Crippen LogP contribution in [0, 0.1) is 22.2 Å².